The zero-order valence-electron chi connectivity index (χ0n) is 17.7. The monoisotopic (exact) mass is 423 g/mol. The molecule has 164 valence electrons. The van der Waals surface area contributed by atoms with Crippen molar-refractivity contribution in [3.8, 4) is 11.3 Å². The number of ether oxygens (including phenoxy) is 2. The molecule has 8 nitrogen and oxygen atoms in total. The lowest BCUT2D eigenvalue weighted by atomic mass is 9.90. The number of aryl methyl sites for hydroxylation is 1. The smallest absolute Gasteiger partial charge is 0.404 e. The van der Waals surface area contributed by atoms with Gasteiger partial charge in [0.2, 0.25) is 0 Å². The highest BCUT2D eigenvalue weighted by atomic mass is 16.5. The van der Waals surface area contributed by atoms with Gasteiger partial charge in [0.25, 0.3) is 0 Å². The van der Waals surface area contributed by atoms with Crippen LogP contribution in [0.3, 0.4) is 0 Å². The number of fused-ring (bicyclic) bond motifs is 1. The summed E-state index contributed by atoms with van der Waals surface area (Å²) in [6, 6.07) is 6.26. The lowest BCUT2D eigenvalue weighted by Crippen LogP contribution is -2.14. The van der Waals surface area contributed by atoms with Crippen LogP contribution in [0, 0.1) is 0 Å². The molecule has 0 unspecified atom stereocenters. The van der Waals surface area contributed by atoms with E-state index in [0.29, 0.717) is 12.5 Å². The number of primary amides is 1. The van der Waals surface area contributed by atoms with Gasteiger partial charge in [-0.1, -0.05) is 18.6 Å². The maximum atomic E-state index is 10.5. The molecule has 3 aromatic rings. The van der Waals surface area contributed by atoms with E-state index in [9.17, 15) is 4.79 Å². The number of rotatable bonds is 9. The molecular formula is C23H29N5O3. The summed E-state index contributed by atoms with van der Waals surface area (Å²) >= 11 is 0. The predicted molar refractivity (Wildman–Crippen MR) is 118 cm³/mol. The summed E-state index contributed by atoms with van der Waals surface area (Å²) in [6.45, 7) is 2.83. The third-order valence-corrected chi connectivity index (χ3v) is 5.72. The molecule has 0 atom stereocenters. The molecule has 0 spiro atoms. The standard InChI is InChI=1S/C23H29N5O3/c24-23(29)31-11-4-2-1-3-10-28-16-18(14-26-28)21-15-25-20-7-5-6-19(22(20)27-21)17-8-12-30-13-9-17/h5-7,14-17H,1-4,8-13H2,(H2,24,29). The molecule has 1 saturated heterocycles. The molecule has 8 heteroatoms. The summed E-state index contributed by atoms with van der Waals surface area (Å²) in [5.74, 6) is 0.470. The van der Waals surface area contributed by atoms with Crippen LogP contribution < -0.4 is 5.73 Å². The molecule has 0 bridgehead atoms. The van der Waals surface area contributed by atoms with E-state index >= 15 is 0 Å². The summed E-state index contributed by atoms with van der Waals surface area (Å²) in [5.41, 5.74) is 9.96. The zero-order chi connectivity index (χ0) is 21.5. The molecule has 1 amide bonds. The van der Waals surface area contributed by atoms with Gasteiger partial charge in [0, 0.05) is 31.5 Å². The Bertz CT molecular complexity index is 1010. The number of para-hydroxylation sites is 1. The number of nitrogens with two attached hydrogens (primary N) is 1. The highest BCUT2D eigenvalue weighted by Crippen LogP contribution is 2.32. The number of carbonyl (C=O) groups excluding carboxylic acids is 1. The van der Waals surface area contributed by atoms with Crippen LogP contribution in [-0.2, 0) is 16.0 Å². The maximum Gasteiger partial charge on any atom is 0.404 e. The van der Waals surface area contributed by atoms with Crippen molar-refractivity contribution in [3.63, 3.8) is 0 Å². The second-order valence-electron chi connectivity index (χ2n) is 7.93. The third kappa shape index (κ3) is 5.58. The average molecular weight is 424 g/mol. The number of carbonyl (C=O) groups is 1. The minimum atomic E-state index is -0.708. The Balaban J connectivity index is 1.39. The maximum absolute atomic E-state index is 10.5. The van der Waals surface area contributed by atoms with Gasteiger partial charge in [-0.3, -0.25) is 9.67 Å². The van der Waals surface area contributed by atoms with Crippen molar-refractivity contribution in [2.45, 2.75) is 51.0 Å². The lowest BCUT2D eigenvalue weighted by Gasteiger charge is -2.23. The van der Waals surface area contributed by atoms with Crippen LogP contribution in [0.2, 0.25) is 0 Å². The van der Waals surface area contributed by atoms with Crippen molar-refractivity contribution in [1.82, 2.24) is 19.7 Å². The number of benzene rings is 1. The average Bonchev–Trinajstić information content (AvgIpc) is 3.27. The molecular weight excluding hydrogens is 394 g/mol. The van der Waals surface area contributed by atoms with Crippen LogP contribution in [0.25, 0.3) is 22.3 Å². The second kappa shape index (κ2) is 10.3. The second-order valence-corrected chi connectivity index (χ2v) is 7.93. The molecule has 4 rings (SSSR count). The largest absolute Gasteiger partial charge is 0.450 e. The van der Waals surface area contributed by atoms with Crippen LogP contribution in [0.4, 0.5) is 4.79 Å². The molecule has 1 aliphatic rings. The van der Waals surface area contributed by atoms with Crippen molar-refractivity contribution in [3.05, 3.63) is 42.4 Å². The topological polar surface area (TPSA) is 105 Å². The van der Waals surface area contributed by atoms with Crippen molar-refractivity contribution >= 4 is 17.1 Å². The SMILES string of the molecule is NC(=O)OCCCCCCn1cc(-c2cnc3cccc(C4CCOCC4)c3n2)cn1. The predicted octanol–water partition coefficient (Wildman–Crippen LogP) is 4.04. The summed E-state index contributed by atoms with van der Waals surface area (Å²) in [6.07, 6.45) is 10.9. The number of hydrogen-bond donors (Lipinski definition) is 1. The normalized spacial score (nSPS) is 14.7. The minimum absolute atomic E-state index is 0.387. The van der Waals surface area contributed by atoms with Gasteiger partial charge in [-0.05, 0) is 49.7 Å². The highest BCUT2D eigenvalue weighted by Gasteiger charge is 2.19. The lowest BCUT2D eigenvalue weighted by molar-refractivity contribution is 0.0856. The number of hydrogen-bond acceptors (Lipinski definition) is 6. The fourth-order valence-corrected chi connectivity index (χ4v) is 4.05. The molecule has 0 saturated carbocycles. The first kappa shape index (κ1) is 21.2. The molecule has 31 heavy (non-hydrogen) atoms. The first-order chi connectivity index (χ1) is 15.2. The van der Waals surface area contributed by atoms with Gasteiger partial charge in [-0.15, -0.1) is 0 Å². The molecule has 0 radical (unpaired) electrons. The van der Waals surface area contributed by atoms with E-state index in [4.69, 9.17) is 20.2 Å². The third-order valence-electron chi connectivity index (χ3n) is 5.72. The van der Waals surface area contributed by atoms with Crippen LogP contribution in [0.15, 0.2) is 36.8 Å². The Kier molecular flexibility index (Phi) is 7.09. The fraction of sp³-hybridized carbons (Fsp3) is 0.478. The summed E-state index contributed by atoms with van der Waals surface area (Å²) in [4.78, 5) is 20.2. The fourth-order valence-electron chi connectivity index (χ4n) is 4.05. The summed E-state index contributed by atoms with van der Waals surface area (Å²) in [7, 11) is 0. The van der Waals surface area contributed by atoms with E-state index in [0.717, 1.165) is 80.6 Å². The van der Waals surface area contributed by atoms with Crippen LogP contribution in [0.1, 0.15) is 50.0 Å². The van der Waals surface area contributed by atoms with E-state index < -0.39 is 6.09 Å². The Labute approximate surface area is 181 Å². The number of amides is 1. The highest BCUT2D eigenvalue weighted by molar-refractivity contribution is 5.80. The van der Waals surface area contributed by atoms with Crippen LogP contribution in [-0.4, -0.2) is 45.7 Å². The van der Waals surface area contributed by atoms with E-state index in [1.165, 1.54) is 5.56 Å². The zero-order valence-corrected chi connectivity index (χ0v) is 17.7. The van der Waals surface area contributed by atoms with Crippen molar-refractivity contribution < 1.29 is 14.3 Å². The van der Waals surface area contributed by atoms with Crippen molar-refractivity contribution in [1.29, 1.82) is 0 Å². The van der Waals surface area contributed by atoms with Crippen molar-refractivity contribution in [2.75, 3.05) is 19.8 Å². The Morgan fingerprint density at radius 2 is 2.00 bits per heavy atom. The van der Waals surface area contributed by atoms with Gasteiger partial charge in [-0.25, -0.2) is 9.78 Å². The van der Waals surface area contributed by atoms with Gasteiger partial charge >= 0.3 is 6.09 Å². The van der Waals surface area contributed by atoms with E-state index in [-0.39, 0.29) is 0 Å². The first-order valence-electron chi connectivity index (χ1n) is 11.0. The Hall–Kier alpha value is -3.00. The molecule has 1 aromatic carbocycles. The Morgan fingerprint density at radius 3 is 2.84 bits per heavy atom. The minimum Gasteiger partial charge on any atom is -0.450 e. The van der Waals surface area contributed by atoms with Gasteiger partial charge < -0.3 is 15.2 Å². The summed E-state index contributed by atoms with van der Waals surface area (Å²) in [5, 5.41) is 4.49. The summed E-state index contributed by atoms with van der Waals surface area (Å²) < 4.78 is 12.2. The molecule has 1 aliphatic heterocycles. The van der Waals surface area contributed by atoms with Gasteiger partial charge in [0.15, 0.2) is 0 Å². The van der Waals surface area contributed by atoms with Gasteiger partial charge in [0.1, 0.15) is 0 Å². The Morgan fingerprint density at radius 1 is 1.16 bits per heavy atom. The van der Waals surface area contributed by atoms with Gasteiger partial charge in [0.05, 0.1) is 35.7 Å². The molecule has 1 fully saturated rings. The molecule has 2 N–H and O–H groups in total. The van der Waals surface area contributed by atoms with E-state index in [1.54, 1.807) is 0 Å². The van der Waals surface area contributed by atoms with Crippen LogP contribution >= 0.6 is 0 Å². The molecule has 3 heterocycles. The van der Waals surface area contributed by atoms with Crippen LogP contribution in [0.5, 0.6) is 0 Å². The molecule has 0 aliphatic carbocycles. The van der Waals surface area contributed by atoms with E-state index in [1.807, 2.05) is 29.3 Å². The number of unbranched alkanes of at least 4 members (excludes halogenated alkanes) is 3. The van der Waals surface area contributed by atoms with Gasteiger partial charge in [-0.2, -0.15) is 5.10 Å². The first-order valence-corrected chi connectivity index (χ1v) is 11.0. The quantitative estimate of drug-likeness (QED) is 0.521. The number of nitrogens with zero attached hydrogens (tertiary/aromatic N) is 4. The van der Waals surface area contributed by atoms with Crippen molar-refractivity contribution in [2.24, 2.45) is 5.73 Å². The number of aromatic nitrogens is 4. The van der Waals surface area contributed by atoms with E-state index in [2.05, 4.69) is 22.2 Å². The molecule has 2 aromatic heterocycles.